The predicted molar refractivity (Wildman–Crippen MR) is 31.6 cm³/mol. The fourth-order valence-corrected chi connectivity index (χ4v) is 0.890. The molecule has 50 valence electrons. The molecule has 1 aliphatic rings. The molecule has 1 saturated heterocycles. The Labute approximate surface area is 52.8 Å². The maximum atomic E-state index is 10.6. The SMILES string of the molecule is O=NN1CCCC(=O)C1. The molecule has 0 atom stereocenters. The summed E-state index contributed by atoms with van der Waals surface area (Å²) in [5.74, 6) is 0.112. The Morgan fingerprint density at radius 1 is 1.56 bits per heavy atom. The van der Waals surface area contributed by atoms with Crippen molar-refractivity contribution in [3.05, 3.63) is 4.91 Å². The quantitative estimate of drug-likeness (QED) is 0.478. The third kappa shape index (κ3) is 1.48. The molecule has 0 amide bonds. The molecule has 0 saturated carbocycles. The maximum absolute atomic E-state index is 10.6. The number of carbonyl (C=O) groups excluding carboxylic acids is 1. The van der Waals surface area contributed by atoms with Crippen molar-refractivity contribution in [1.29, 1.82) is 0 Å². The molecule has 0 spiro atoms. The Balaban J connectivity index is 2.40. The highest BCUT2D eigenvalue weighted by Gasteiger charge is 2.14. The molecular formula is C5H8N2O2. The Hall–Kier alpha value is -0.930. The third-order valence-electron chi connectivity index (χ3n) is 1.35. The second-order valence-electron chi connectivity index (χ2n) is 2.11. The van der Waals surface area contributed by atoms with Crippen molar-refractivity contribution in [2.24, 2.45) is 5.29 Å². The zero-order valence-electron chi connectivity index (χ0n) is 5.04. The standard InChI is InChI=1S/C5H8N2O2/c8-5-2-1-3-7(4-5)6-9/h1-4H2. The molecule has 0 aromatic carbocycles. The second-order valence-corrected chi connectivity index (χ2v) is 2.11. The van der Waals surface area contributed by atoms with E-state index in [4.69, 9.17) is 0 Å². The van der Waals surface area contributed by atoms with Crippen LogP contribution in [-0.4, -0.2) is 23.9 Å². The first-order chi connectivity index (χ1) is 4.33. The van der Waals surface area contributed by atoms with Gasteiger partial charge in [0.05, 0.1) is 11.8 Å². The molecule has 0 unspecified atom stereocenters. The van der Waals surface area contributed by atoms with Crippen LogP contribution in [0.1, 0.15) is 12.8 Å². The van der Waals surface area contributed by atoms with Gasteiger partial charge in [-0.15, -0.1) is 4.91 Å². The third-order valence-corrected chi connectivity index (χ3v) is 1.35. The van der Waals surface area contributed by atoms with E-state index >= 15 is 0 Å². The summed E-state index contributed by atoms with van der Waals surface area (Å²) in [5.41, 5.74) is 0. The molecular weight excluding hydrogens is 120 g/mol. The van der Waals surface area contributed by atoms with Crippen molar-refractivity contribution in [2.75, 3.05) is 13.1 Å². The van der Waals surface area contributed by atoms with Crippen LogP contribution in [0.4, 0.5) is 0 Å². The lowest BCUT2D eigenvalue weighted by Crippen LogP contribution is -2.30. The van der Waals surface area contributed by atoms with Gasteiger partial charge in [0.2, 0.25) is 0 Å². The number of ketones is 1. The minimum Gasteiger partial charge on any atom is -0.298 e. The molecule has 4 nitrogen and oxygen atoms in total. The monoisotopic (exact) mass is 128 g/mol. The zero-order valence-corrected chi connectivity index (χ0v) is 5.04. The second kappa shape index (κ2) is 2.57. The molecule has 1 fully saturated rings. The van der Waals surface area contributed by atoms with Crippen LogP contribution in [-0.2, 0) is 4.79 Å². The highest BCUT2D eigenvalue weighted by Crippen LogP contribution is 2.04. The van der Waals surface area contributed by atoms with E-state index in [2.05, 4.69) is 5.29 Å². The van der Waals surface area contributed by atoms with Gasteiger partial charge in [0.1, 0.15) is 0 Å². The highest BCUT2D eigenvalue weighted by atomic mass is 16.3. The van der Waals surface area contributed by atoms with Crippen LogP contribution in [0.15, 0.2) is 5.29 Å². The zero-order chi connectivity index (χ0) is 6.69. The van der Waals surface area contributed by atoms with Gasteiger partial charge in [0, 0.05) is 13.0 Å². The van der Waals surface area contributed by atoms with E-state index in [9.17, 15) is 9.70 Å². The molecule has 0 aromatic rings. The van der Waals surface area contributed by atoms with Gasteiger partial charge in [0.25, 0.3) is 0 Å². The van der Waals surface area contributed by atoms with Crippen molar-refractivity contribution in [3.8, 4) is 0 Å². The van der Waals surface area contributed by atoms with Crippen molar-refractivity contribution < 1.29 is 4.79 Å². The molecule has 1 aliphatic heterocycles. The first-order valence-corrected chi connectivity index (χ1v) is 2.93. The van der Waals surface area contributed by atoms with Gasteiger partial charge >= 0.3 is 0 Å². The van der Waals surface area contributed by atoms with Gasteiger partial charge in [-0.25, -0.2) is 0 Å². The first-order valence-electron chi connectivity index (χ1n) is 2.93. The first kappa shape index (κ1) is 6.19. The Kier molecular flexibility index (Phi) is 1.77. The molecule has 1 heterocycles. The van der Waals surface area contributed by atoms with E-state index in [0.29, 0.717) is 13.0 Å². The fraction of sp³-hybridized carbons (Fsp3) is 0.800. The van der Waals surface area contributed by atoms with Crippen LogP contribution in [0.25, 0.3) is 0 Å². The van der Waals surface area contributed by atoms with E-state index in [1.165, 1.54) is 5.01 Å². The molecule has 0 aromatic heterocycles. The minimum atomic E-state index is 0.112. The molecule has 0 aliphatic carbocycles. The molecule has 1 rings (SSSR count). The molecule has 0 bridgehead atoms. The summed E-state index contributed by atoms with van der Waals surface area (Å²) in [5, 5.41) is 3.92. The number of hydrogen-bond donors (Lipinski definition) is 0. The van der Waals surface area contributed by atoms with Crippen molar-refractivity contribution in [3.63, 3.8) is 0 Å². The van der Waals surface area contributed by atoms with Gasteiger partial charge in [-0.05, 0) is 6.42 Å². The number of nitroso groups, excluding NO2 is 1. The Morgan fingerprint density at radius 2 is 2.33 bits per heavy atom. The normalized spacial score (nSPS) is 20.0. The van der Waals surface area contributed by atoms with E-state index in [0.717, 1.165) is 6.42 Å². The Bertz CT molecular complexity index is 135. The maximum Gasteiger partial charge on any atom is 0.154 e. The molecule has 9 heavy (non-hydrogen) atoms. The van der Waals surface area contributed by atoms with Crippen LogP contribution in [0, 0.1) is 4.91 Å². The number of rotatable bonds is 1. The van der Waals surface area contributed by atoms with Gasteiger partial charge in [-0.2, -0.15) is 0 Å². The van der Waals surface area contributed by atoms with Crippen LogP contribution in [0.3, 0.4) is 0 Å². The van der Waals surface area contributed by atoms with Crippen LogP contribution < -0.4 is 0 Å². The summed E-state index contributed by atoms with van der Waals surface area (Å²) >= 11 is 0. The average molecular weight is 128 g/mol. The van der Waals surface area contributed by atoms with Crippen molar-refractivity contribution >= 4 is 5.78 Å². The van der Waals surface area contributed by atoms with Crippen molar-refractivity contribution in [2.45, 2.75) is 12.8 Å². The van der Waals surface area contributed by atoms with Crippen LogP contribution >= 0.6 is 0 Å². The fourth-order valence-electron chi connectivity index (χ4n) is 0.890. The molecule has 0 N–H and O–H groups in total. The van der Waals surface area contributed by atoms with Gasteiger partial charge in [-0.1, -0.05) is 0 Å². The van der Waals surface area contributed by atoms with Crippen LogP contribution in [0.5, 0.6) is 0 Å². The summed E-state index contributed by atoms with van der Waals surface area (Å²) in [6.45, 7) is 0.846. The predicted octanol–water partition coefficient (Wildman–Crippen LogP) is 0.333. The summed E-state index contributed by atoms with van der Waals surface area (Å²) < 4.78 is 0. The van der Waals surface area contributed by atoms with E-state index in [1.54, 1.807) is 0 Å². The van der Waals surface area contributed by atoms with Gasteiger partial charge < -0.3 is 0 Å². The number of piperidine rings is 1. The van der Waals surface area contributed by atoms with Gasteiger partial charge in [-0.3, -0.25) is 9.80 Å². The van der Waals surface area contributed by atoms with Crippen LogP contribution in [0.2, 0.25) is 0 Å². The number of nitrogens with zero attached hydrogens (tertiary/aromatic N) is 2. The number of carbonyl (C=O) groups is 1. The topological polar surface area (TPSA) is 49.7 Å². The average Bonchev–Trinajstić information content (AvgIpc) is 1.88. The lowest BCUT2D eigenvalue weighted by Gasteiger charge is -2.18. The van der Waals surface area contributed by atoms with E-state index < -0.39 is 0 Å². The molecule has 0 radical (unpaired) electrons. The summed E-state index contributed by atoms with van der Waals surface area (Å²) in [6.07, 6.45) is 1.37. The lowest BCUT2D eigenvalue weighted by atomic mass is 10.1. The summed E-state index contributed by atoms with van der Waals surface area (Å²) in [6, 6.07) is 0. The smallest absolute Gasteiger partial charge is 0.154 e. The number of hydrogen-bond acceptors (Lipinski definition) is 3. The molecule has 4 heteroatoms. The number of Topliss-reactive ketones (excluding diaryl/α,β-unsaturated/α-hetero) is 1. The van der Waals surface area contributed by atoms with Gasteiger partial charge in [0.15, 0.2) is 5.78 Å². The minimum absolute atomic E-state index is 0.112. The highest BCUT2D eigenvalue weighted by molar-refractivity contribution is 5.80. The summed E-state index contributed by atoms with van der Waals surface area (Å²) in [7, 11) is 0. The largest absolute Gasteiger partial charge is 0.298 e. The van der Waals surface area contributed by atoms with E-state index in [1.807, 2.05) is 0 Å². The summed E-state index contributed by atoms with van der Waals surface area (Å²) in [4.78, 5) is 20.4. The lowest BCUT2D eigenvalue weighted by molar-refractivity contribution is -0.122. The Morgan fingerprint density at radius 3 is 2.78 bits per heavy atom. The van der Waals surface area contributed by atoms with Crippen molar-refractivity contribution in [1.82, 2.24) is 5.01 Å². The van der Waals surface area contributed by atoms with E-state index in [-0.39, 0.29) is 12.3 Å².